The molecule has 5 rings (SSSR count). The predicted octanol–water partition coefficient (Wildman–Crippen LogP) is 5.25. The van der Waals surface area contributed by atoms with Gasteiger partial charge in [0.05, 0.1) is 12.6 Å². The molecule has 0 radical (unpaired) electrons. The monoisotopic (exact) mass is 676 g/mol. The summed E-state index contributed by atoms with van der Waals surface area (Å²) >= 11 is 0. The molecule has 0 unspecified atom stereocenters. The fourth-order valence-corrected chi connectivity index (χ4v) is 7.25. The Morgan fingerprint density at radius 1 is 0.959 bits per heavy atom. The van der Waals surface area contributed by atoms with E-state index in [-0.39, 0.29) is 48.2 Å². The van der Waals surface area contributed by atoms with Crippen molar-refractivity contribution >= 4 is 23.8 Å². The van der Waals surface area contributed by atoms with Gasteiger partial charge in [0, 0.05) is 13.5 Å². The van der Waals surface area contributed by atoms with E-state index >= 15 is 0 Å². The van der Waals surface area contributed by atoms with Gasteiger partial charge < -0.3 is 30.1 Å². The third-order valence-electron chi connectivity index (χ3n) is 10.0. The summed E-state index contributed by atoms with van der Waals surface area (Å²) in [5, 5.41) is 16.7. The number of ether oxygens (including phenoxy) is 2. The molecular formula is C38H52N4O7. The van der Waals surface area contributed by atoms with E-state index in [4.69, 9.17) is 9.47 Å². The quantitative estimate of drug-likeness (QED) is 0.330. The Morgan fingerprint density at radius 2 is 1.65 bits per heavy atom. The number of para-hydroxylation sites is 2. The maximum atomic E-state index is 14.7. The molecular weight excluding hydrogens is 624 g/mol. The molecule has 4 amide bonds. The van der Waals surface area contributed by atoms with Crippen molar-refractivity contribution in [3.05, 3.63) is 59.7 Å². The maximum absolute atomic E-state index is 14.7. The number of nitrogens with zero attached hydrogens (tertiary/aromatic N) is 2. The number of nitrogens with one attached hydrogen (secondary N) is 2. The van der Waals surface area contributed by atoms with Crippen LogP contribution in [0.3, 0.4) is 0 Å². The van der Waals surface area contributed by atoms with Gasteiger partial charge in [-0.2, -0.15) is 0 Å². The molecule has 11 nitrogen and oxygen atoms in total. The fourth-order valence-electron chi connectivity index (χ4n) is 7.25. The van der Waals surface area contributed by atoms with Gasteiger partial charge >= 0.3 is 6.09 Å². The highest BCUT2D eigenvalue weighted by Gasteiger charge is 2.46. The molecule has 11 heteroatoms. The van der Waals surface area contributed by atoms with Crippen molar-refractivity contribution in [2.75, 3.05) is 13.6 Å². The van der Waals surface area contributed by atoms with Gasteiger partial charge in [-0.25, -0.2) is 4.79 Å². The van der Waals surface area contributed by atoms with Gasteiger partial charge in [-0.3, -0.25) is 19.3 Å². The molecule has 1 aliphatic heterocycles. The van der Waals surface area contributed by atoms with E-state index in [1.165, 1.54) is 23.6 Å². The summed E-state index contributed by atoms with van der Waals surface area (Å²) in [4.78, 5) is 58.1. The summed E-state index contributed by atoms with van der Waals surface area (Å²) in [6.45, 7) is 6.98. The Kier molecular flexibility index (Phi) is 11.4. The smallest absolute Gasteiger partial charge is 0.410 e. The van der Waals surface area contributed by atoms with Crippen molar-refractivity contribution in [3.63, 3.8) is 0 Å². The summed E-state index contributed by atoms with van der Waals surface area (Å²) in [7, 11) is 1.50. The lowest BCUT2D eigenvalue weighted by molar-refractivity contribution is -0.143. The van der Waals surface area contributed by atoms with E-state index in [2.05, 4.69) is 16.7 Å². The molecule has 49 heavy (non-hydrogen) atoms. The second-order valence-electron chi connectivity index (χ2n) is 14.8. The number of likely N-dealkylation sites (N-methyl/N-ethyl adjacent to an activating group) is 1. The number of likely N-dealkylation sites (tertiary alicyclic amines) is 1. The second kappa shape index (κ2) is 15.5. The number of carbonyl (C=O) groups is 4. The lowest BCUT2D eigenvalue weighted by Crippen LogP contribution is -2.59. The van der Waals surface area contributed by atoms with Gasteiger partial charge in [-0.1, -0.05) is 55.7 Å². The van der Waals surface area contributed by atoms with Crippen molar-refractivity contribution in [1.82, 2.24) is 20.4 Å². The number of fused-ring (bicyclic) bond motifs is 1. The largest absolute Gasteiger partial charge is 0.504 e. The van der Waals surface area contributed by atoms with Crippen LogP contribution < -0.4 is 15.4 Å². The normalized spacial score (nSPS) is 22.3. The van der Waals surface area contributed by atoms with Crippen LogP contribution in [-0.2, 0) is 25.5 Å². The average Bonchev–Trinajstić information content (AvgIpc) is 3.51. The molecule has 2 fully saturated rings. The summed E-state index contributed by atoms with van der Waals surface area (Å²) in [6.07, 6.45) is 6.15. The first kappa shape index (κ1) is 36.0. The number of rotatable bonds is 9. The first-order valence-corrected chi connectivity index (χ1v) is 17.7. The number of phenols is 1. The van der Waals surface area contributed by atoms with Crippen LogP contribution in [0.5, 0.6) is 11.5 Å². The molecule has 1 saturated heterocycles. The van der Waals surface area contributed by atoms with Crippen molar-refractivity contribution in [1.29, 1.82) is 0 Å². The van der Waals surface area contributed by atoms with Gasteiger partial charge in [0.15, 0.2) is 11.5 Å². The van der Waals surface area contributed by atoms with Crippen LogP contribution in [0.1, 0.15) is 96.2 Å². The molecule has 2 aromatic carbocycles. The predicted molar refractivity (Wildman–Crippen MR) is 185 cm³/mol. The van der Waals surface area contributed by atoms with E-state index in [0.29, 0.717) is 0 Å². The van der Waals surface area contributed by atoms with E-state index in [0.717, 1.165) is 56.9 Å². The molecule has 3 N–H and O–H groups in total. The van der Waals surface area contributed by atoms with E-state index in [1.54, 1.807) is 50.8 Å². The van der Waals surface area contributed by atoms with Crippen LogP contribution >= 0.6 is 0 Å². The number of hydrogen-bond donors (Lipinski definition) is 3. The topological polar surface area (TPSA) is 138 Å². The number of hydrogen-bond acceptors (Lipinski definition) is 7. The Bertz CT molecular complexity index is 1500. The van der Waals surface area contributed by atoms with Crippen molar-refractivity contribution in [2.24, 2.45) is 5.92 Å². The number of amides is 4. The zero-order chi connectivity index (χ0) is 35.3. The van der Waals surface area contributed by atoms with Crippen LogP contribution in [0.15, 0.2) is 48.5 Å². The molecule has 1 heterocycles. The minimum atomic E-state index is -0.907. The standard InChI is InChI=1S/C38H52N4O7/c1-24(41(5)37(47)49-38(2,3)4)34(44)40-33(26-15-7-6-8-16-26)36(46)42-23-27(48-32-21-12-11-20-31(32)43)22-30(42)35(45)39-29-19-13-17-25-14-9-10-18-28(25)29/h9-12,14,18,20-21,24,26-27,29-30,33,43H,6-8,13,15-17,19,22-23H2,1-5H3,(H,39,45)(H,40,44)/t24-,27-,29+,30-,33-/m0/s1. The Morgan fingerprint density at radius 3 is 2.37 bits per heavy atom. The van der Waals surface area contributed by atoms with Crippen LogP contribution in [0, 0.1) is 5.92 Å². The second-order valence-corrected chi connectivity index (χ2v) is 14.8. The lowest BCUT2D eigenvalue weighted by atomic mass is 9.83. The van der Waals surface area contributed by atoms with Gasteiger partial charge in [-0.15, -0.1) is 0 Å². The average molecular weight is 677 g/mol. The van der Waals surface area contributed by atoms with Gasteiger partial charge in [0.2, 0.25) is 17.7 Å². The molecule has 5 atom stereocenters. The fraction of sp³-hybridized carbons (Fsp3) is 0.579. The molecule has 0 spiro atoms. The summed E-state index contributed by atoms with van der Waals surface area (Å²) in [6, 6.07) is 11.9. The number of aromatic hydroxyl groups is 1. The van der Waals surface area contributed by atoms with Gasteiger partial charge in [-0.05, 0) is 89.0 Å². The van der Waals surface area contributed by atoms with Crippen LogP contribution in [0.25, 0.3) is 0 Å². The minimum absolute atomic E-state index is 0.0254. The molecule has 0 aromatic heterocycles. The molecule has 2 aliphatic carbocycles. The van der Waals surface area contributed by atoms with Crippen molar-refractivity contribution in [2.45, 2.75) is 121 Å². The minimum Gasteiger partial charge on any atom is -0.504 e. The number of phenolic OH excluding ortho intramolecular Hbond substituents is 1. The number of carbonyl (C=O) groups excluding carboxylic acids is 4. The summed E-state index contributed by atoms with van der Waals surface area (Å²) in [5.74, 6) is -0.972. The highest BCUT2D eigenvalue weighted by atomic mass is 16.6. The van der Waals surface area contributed by atoms with Crippen molar-refractivity contribution < 1.29 is 33.8 Å². The zero-order valence-electron chi connectivity index (χ0n) is 29.4. The third-order valence-corrected chi connectivity index (χ3v) is 10.0. The first-order valence-electron chi connectivity index (χ1n) is 17.7. The van der Waals surface area contributed by atoms with E-state index in [1.807, 2.05) is 18.2 Å². The number of aryl methyl sites for hydroxylation is 1. The molecule has 3 aliphatic rings. The van der Waals surface area contributed by atoms with Gasteiger partial charge in [0.25, 0.3) is 0 Å². The Balaban J connectivity index is 1.39. The molecule has 2 aromatic rings. The Hall–Kier alpha value is -4.28. The van der Waals surface area contributed by atoms with Crippen LogP contribution in [0.2, 0.25) is 0 Å². The highest BCUT2D eigenvalue weighted by molar-refractivity contribution is 5.94. The molecule has 0 bridgehead atoms. The first-order chi connectivity index (χ1) is 23.3. The zero-order valence-corrected chi connectivity index (χ0v) is 29.4. The van der Waals surface area contributed by atoms with E-state index in [9.17, 15) is 24.3 Å². The summed E-state index contributed by atoms with van der Waals surface area (Å²) < 4.78 is 11.7. The SMILES string of the molecule is C[C@@H](C(=O)N[C@H](C(=O)N1C[C@@H](Oc2ccccc2O)C[C@H]1C(=O)N[C@@H]1CCCc2ccccc21)C1CCCCC1)N(C)C(=O)OC(C)(C)C. The summed E-state index contributed by atoms with van der Waals surface area (Å²) in [5.41, 5.74) is 1.57. The lowest BCUT2D eigenvalue weighted by Gasteiger charge is -2.36. The van der Waals surface area contributed by atoms with Gasteiger partial charge in [0.1, 0.15) is 29.8 Å². The van der Waals surface area contributed by atoms with Crippen LogP contribution in [-0.4, -0.2) is 82.1 Å². The Labute approximate surface area is 289 Å². The third kappa shape index (κ3) is 8.85. The van der Waals surface area contributed by atoms with Crippen molar-refractivity contribution in [3.8, 4) is 11.5 Å². The number of benzene rings is 2. The molecule has 266 valence electrons. The maximum Gasteiger partial charge on any atom is 0.410 e. The highest BCUT2D eigenvalue weighted by Crippen LogP contribution is 2.34. The molecule has 1 saturated carbocycles. The van der Waals surface area contributed by atoms with Crippen LogP contribution in [0.4, 0.5) is 4.79 Å². The van der Waals surface area contributed by atoms with E-state index < -0.39 is 41.8 Å².